The second-order valence-electron chi connectivity index (χ2n) is 17.3. The van der Waals surface area contributed by atoms with Crippen molar-refractivity contribution in [3.05, 3.63) is 107 Å². The van der Waals surface area contributed by atoms with Gasteiger partial charge in [0.05, 0.1) is 31.8 Å². The number of carboxylic acids is 1. The smallest absolute Gasteiger partial charge is 0.328 e. The first-order valence-electron chi connectivity index (χ1n) is 24.4. The van der Waals surface area contributed by atoms with Gasteiger partial charge in [0.25, 0.3) is 0 Å². The number of carbonyl (C=O) groups excluding carboxylic acids is 2. The molecule has 0 aromatic heterocycles. The number of carbonyl (C=O) groups is 3. The van der Waals surface area contributed by atoms with Crippen molar-refractivity contribution in [3.63, 3.8) is 0 Å². The van der Waals surface area contributed by atoms with Crippen molar-refractivity contribution >= 4 is 17.9 Å². The number of hydrogen-bond donors (Lipinski definition) is 3. The zero-order chi connectivity index (χ0) is 49.9. The topological polar surface area (TPSA) is 141 Å². The van der Waals surface area contributed by atoms with Crippen LogP contribution in [0.2, 0.25) is 0 Å². The maximum atomic E-state index is 12.7. The van der Waals surface area contributed by atoms with Crippen LogP contribution < -0.4 is 5.32 Å². The van der Waals surface area contributed by atoms with Gasteiger partial charge in [0, 0.05) is 80.4 Å². The Labute approximate surface area is 398 Å². The number of esters is 2. The number of allylic oxidation sites excluding steroid dienone is 8. The normalized spacial score (nSPS) is 27.0. The molecule has 0 bridgehead atoms. The van der Waals surface area contributed by atoms with Crippen LogP contribution in [0.15, 0.2) is 107 Å². The van der Waals surface area contributed by atoms with Crippen LogP contribution in [0.5, 0.6) is 0 Å². The van der Waals surface area contributed by atoms with Crippen LogP contribution in [0.1, 0.15) is 114 Å². The predicted molar refractivity (Wildman–Crippen MR) is 268 cm³/mol. The van der Waals surface area contributed by atoms with E-state index in [0.29, 0.717) is 43.7 Å². The summed E-state index contributed by atoms with van der Waals surface area (Å²) in [4.78, 5) is 42.3. The van der Waals surface area contributed by atoms with E-state index >= 15 is 0 Å². The lowest BCUT2D eigenvalue weighted by molar-refractivity contribution is -0.155. The molecule has 4 aliphatic heterocycles. The van der Waals surface area contributed by atoms with Crippen molar-refractivity contribution in [2.75, 3.05) is 55.0 Å². The van der Waals surface area contributed by atoms with Gasteiger partial charge >= 0.3 is 17.9 Å². The maximum Gasteiger partial charge on any atom is 0.328 e. The number of aliphatic hydroxyl groups is 1. The molecule has 0 aromatic carbocycles. The van der Waals surface area contributed by atoms with E-state index in [9.17, 15) is 19.5 Å². The standard InChI is InChI=1S/C26H38N2O5.C22H30N2O3.3C2H6/c1-6-26(32,17-28(3)4)15-8-7-11-20(25(31)33-5)24-18(2)21-16-19(13-14-23(29)30)10-9-12-22(21)27-24;1-6-17-18(12-14(2)26-5)23(4)20-13-19(27-15(3)25)16-8-7-10-24-11-9-22(17,20)21(16)24;3*1-2/h9-10,12-14,16,20,22,27,32H,6-8,11,15,17H2,1-5H3,(H,29,30);6-8,12,16,19-21H,2,9-11,13H2,1,3-5H3;3*1-2H3/b14-13+;17-6+,18-12+;;;/t20-,22?,26+;;;;/m1..../s1. The number of fused-ring (bicyclic) bond motifs is 1. The van der Waals surface area contributed by atoms with Gasteiger partial charge in [0.15, 0.2) is 0 Å². The molecule has 6 unspecified atom stereocenters. The highest BCUT2D eigenvalue weighted by molar-refractivity contribution is 5.81. The van der Waals surface area contributed by atoms with Gasteiger partial charge in [0.1, 0.15) is 11.9 Å². The number of likely N-dealkylation sites (N-methyl/N-ethyl adjacent to an activating group) is 2. The third-order valence-electron chi connectivity index (χ3n) is 13.4. The molecule has 370 valence electrons. The van der Waals surface area contributed by atoms with Gasteiger partial charge < -0.3 is 39.5 Å². The average molecular weight is 919 g/mol. The molecule has 3 N–H and O–H groups in total. The van der Waals surface area contributed by atoms with E-state index in [1.54, 1.807) is 13.2 Å². The average Bonchev–Trinajstić information content (AvgIpc) is 3.85. The second-order valence-corrected chi connectivity index (χ2v) is 17.3. The third-order valence-corrected chi connectivity index (χ3v) is 13.4. The number of ether oxygens (including phenoxy) is 3. The molecule has 12 heteroatoms. The molecule has 12 nitrogen and oxygen atoms in total. The molecular formula is C54H86N4O8. The largest absolute Gasteiger partial charge is 0.497 e. The van der Waals surface area contributed by atoms with Gasteiger partial charge in [0.2, 0.25) is 0 Å². The van der Waals surface area contributed by atoms with Gasteiger partial charge in [-0.2, -0.15) is 0 Å². The zero-order valence-electron chi connectivity index (χ0n) is 43.2. The Kier molecular flexibility index (Phi) is 23.7. The van der Waals surface area contributed by atoms with Crippen LogP contribution in [-0.2, 0) is 28.6 Å². The summed E-state index contributed by atoms with van der Waals surface area (Å²) in [6.45, 7) is 26.3. The monoisotopic (exact) mass is 919 g/mol. The predicted octanol–water partition coefficient (Wildman–Crippen LogP) is 9.30. The highest BCUT2D eigenvalue weighted by atomic mass is 16.5. The number of rotatable bonds is 15. The molecule has 4 heterocycles. The highest BCUT2D eigenvalue weighted by Crippen LogP contribution is 2.62. The SMILES string of the molecule is C=C(/C=C1\C(=C/C)C23CCN4CC=CC(C(OC(C)=O)CC2N1C)C43)OC.CC.CC.CC.CC[C@](O)(CCCC[C@@H](C(=O)OC)C1=C(C)C2=CC(/C=C/C(=O)O)=CC=CC2N1)CN(C)C. The quantitative estimate of drug-likeness (QED) is 0.0474. The number of nitrogens with one attached hydrogen (secondary N) is 1. The lowest BCUT2D eigenvalue weighted by Gasteiger charge is -2.52. The maximum absolute atomic E-state index is 12.7. The minimum Gasteiger partial charge on any atom is -0.497 e. The summed E-state index contributed by atoms with van der Waals surface area (Å²) < 4.78 is 16.3. The molecule has 1 spiro atoms. The zero-order valence-corrected chi connectivity index (χ0v) is 43.2. The summed E-state index contributed by atoms with van der Waals surface area (Å²) in [6, 6.07) is 0.590. The Morgan fingerprint density at radius 3 is 2.35 bits per heavy atom. The lowest BCUT2D eigenvalue weighted by Crippen LogP contribution is -2.60. The Hall–Kier alpha value is -4.65. The molecule has 0 aromatic rings. The fraction of sp³-hybridized carbons (Fsp3) is 0.611. The van der Waals surface area contributed by atoms with Crippen LogP contribution in [0.3, 0.4) is 0 Å². The van der Waals surface area contributed by atoms with E-state index in [2.05, 4.69) is 60.0 Å². The number of methoxy groups -OCH3 is 2. The van der Waals surface area contributed by atoms with E-state index in [0.717, 1.165) is 67.3 Å². The van der Waals surface area contributed by atoms with Gasteiger partial charge in [-0.1, -0.05) is 104 Å². The minimum atomic E-state index is -0.997. The van der Waals surface area contributed by atoms with E-state index in [1.165, 1.54) is 25.3 Å². The Bertz CT molecular complexity index is 1900. The number of aliphatic carboxylic acids is 1. The number of unbranched alkanes of at least 4 members (excludes halogenated alkanes) is 1. The van der Waals surface area contributed by atoms with Gasteiger partial charge in [-0.3, -0.25) is 14.5 Å². The number of hydrogen-bond acceptors (Lipinski definition) is 11. The van der Waals surface area contributed by atoms with Crippen molar-refractivity contribution in [1.29, 1.82) is 0 Å². The third kappa shape index (κ3) is 13.5. The molecule has 8 atom stereocenters. The van der Waals surface area contributed by atoms with Crippen LogP contribution in [0.25, 0.3) is 0 Å². The summed E-state index contributed by atoms with van der Waals surface area (Å²) in [5.74, 6) is -0.970. The molecule has 0 amide bonds. The molecule has 0 radical (unpaired) electrons. The van der Waals surface area contributed by atoms with Gasteiger partial charge in [-0.25, -0.2) is 4.79 Å². The van der Waals surface area contributed by atoms with Crippen molar-refractivity contribution < 1.29 is 38.8 Å². The van der Waals surface area contributed by atoms with Crippen LogP contribution in [0.4, 0.5) is 0 Å². The minimum absolute atomic E-state index is 0.0649. The van der Waals surface area contributed by atoms with E-state index in [-0.39, 0.29) is 35.4 Å². The first-order valence-corrected chi connectivity index (χ1v) is 24.4. The number of nitrogens with zero attached hydrogens (tertiary/aromatic N) is 3. The molecule has 3 fully saturated rings. The molecule has 2 saturated heterocycles. The second kappa shape index (κ2) is 27.2. The van der Waals surface area contributed by atoms with Crippen LogP contribution in [0, 0.1) is 17.3 Å². The summed E-state index contributed by atoms with van der Waals surface area (Å²) in [6.07, 6.45) is 24.8. The fourth-order valence-electron chi connectivity index (χ4n) is 10.7. The molecule has 6 rings (SSSR count). The summed E-state index contributed by atoms with van der Waals surface area (Å²) in [5.41, 5.74) is 5.55. The van der Waals surface area contributed by atoms with Gasteiger partial charge in [-0.15, -0.1) is 0 Å². The lowest BCUT2D eigenvalue weighted by atomic mass is 9.59. The van der Waals surface area contributed by atoms with Crippen molar-refractivity contribution in [2.24, 2.45) is 17.3 Å². The molecule has 6 aliphatic rings. The Balaban J connectivity index is 0.000000412. The van der Waals surface area contributed by atoms with Crippen LogP contribution in [-0.4, -0.2) is 128 Å². The van der Waals surface area contributed by atoms with Crippen molar-refractivity contribution in [2.45, 2.75) is 144 Å². The number of carboxylic acid groups (broad SMARTS) is 1. The van der Waals surface area contributed by atoms with Crippen LogP contribution >= 0.6 is 0 Å². The molecule has 66 heavy (non-hydrogen) atoms. The fourth-order valence-corrected chi connectivity index (χ4v) is 10.7. The molecular weight excluding hydrogens is 833 g/mol. The molecule has 1 saturated carbocycles. The van der Waals surface area contributed by atoms with E-state index < -0.39 is 17.5 Å². The van der Waals surface area contributed by atoms with E-state index in [1.807, 2.05) is 98.7 Å². The van der Waals surface area contributed by atoms with Crippen molar-refractivity contribution in [1.82, 2.24) is 20.0 Å². The van der Waals surface area contributed by atoms with Crippen molar-refractivity contribution in [3.8, 4) is 0 Å². The number of likely N-dealkylation sites (tertiary alicyclic amines) is 1. The molecule has 2 aliphatic carbocycles. The Morgan fingerprint density at radius 1 is 1.09 bits per heavy atom. The summed E-state index contributed by atoms with van der Waals surface area (Å²) in [5, 5.41) is 23.2. The highest BCUT2D eigenvalue weighted by Gasteiger charge is 2.66. The van der Waals surface area contributed by atoms with E-state index in [4.69, 9.17) is 19.3 Å². The summed E-state index contributed by atoms with van der Waals surface area (Å²) in [7, 11) is 9.13. The van der Waals surface area contributed by atoms with Gasteiger partial charge in [-0.05, 0) is 94.6 Å². The Morgan fingerprint density at radius 2 is 1.77 bits per heavy atom. The first kappa shape index (κ1) is 57.5. The summed E-state index contributed by atoms with van der Waals surface area (Å²) >= 11 is 0. The first-order chi connectivity index (χ1) is 31.5.